The van der Waals surface area contributed by atoms with Gasteiger partial charge in [0.15, 0.2) is 11.5 Å². The molecule has 0 spiro atoms. The summed E-state index contributed by atoms with van der Waals surface area (Å²) in [6, 6.07) is 11.9. The van der Waals surface area contributed by atoms with Crippen molar-refractivity contribution in [3.05, 3.63) is 53.5 Å². The zero-order chi connectivity index (χ0) is 19.8. The number of hydrogen-bond donors (Lipinski definition) is 1. The first kappa shape index (κ1) is 17.7. The van der Waals surface area contributed by atoms with Crippen LogP contribution in [0.25, 0.3) is 16.6 Å². The van der Waals surface area contributed by atoms with Crippen LogP contribution in [0.2, 0.25) is 0 Å². The van der Waals surface area contributed by atoms with E-state index in [9.17, 15) is 4.79 Å². The van der Waals surface area contributed by atoms with Gasteiger partial charge in [0.1, 0.15) is 0 Å². The Balaban J connectivity index is 1.23. The van der Waals surface area contributed by atoms with E-state index in [2.05, 4.69) is 38.5 Å². The van der Waals surface area contributed by atoms with Gasteiger partial charge in [0.05, 0.1) is 13.7 Å². The van der Waals surface area contributed by atoms with Crippen molar-refractivity contribution in [2.75, 3.05) is 13.7 Å². The first-order chi connectivity index (χ1) is 14.2. The number of nitrogens with one attached hydrogen (secondary N) is 1. The van der Waals surface area contributed by atoms with Crippen LogP contribution in [0.1, 0.15) is 29.9 Å². The number of para-hydroxylation sites is 1. The molecule has 1 amide bonds. The van der Waals surface area contributed by atoms with Crippen LogP contribution in [0.5, 0.6) is 5.88 Å². The van der Waals surface area contributed by atoms with Crippen LogP contribution in [0.3, 0.4) is 0 Å². The van der Waals surface area contributed by atoms with Crippen molar-refractivity contribution in [1.82, 2.24) is 29.7 Å². The van der Waals surface area contributed by atoms with Gasteiger partial charge in [-0.2, -0.15) is 4.52 Å². The molecule has 5 rings (SSSR count). The fourth-order valence-electron chi connectivity index (χ4n) is 4.04. The van der Waals surface area contributed by atoms with Gasteiger partial charge in [-0.25, -0.2) is 0 Å². The number of methoxy groups -OCH3 is 1. The number of benzene rings is 1. The molecular formula is C21H22N6O2. The lowest BCUT2D eigenvalue weighted by Gasteiger charge is -2.27. The van der Waals surface area contributed by atoms with E-state index in [0.717, 1.165) is 30.0 Å². The zero-order valence-electron chi connectivity index (χ0n) is 16.3. The normalized spacial score (nSPS) is 13.8. The Hall–Kier alpha value is -3.42. The minimum absolute atomic E-state index is 0.175. The Morgan fingerprint density at radius 2 is 2.10 bits per heavy atom. The summed E-state index contributed by atoms with van der Waals surface area (Å²) in [5.41, 5.74) is 4.33. The summed E-state index contributed by atoms with van der Waals surface area (Å²) in [5.74, 6) is 1.42. The number of fused-ring (bicyclic) bond motifs is 4. The molecular weight excluding hydrogens is 368 g/mol. The summed E-state index contributed by atoms with van der Waals surface area (Å²) < 4.78 is 6.85. The Kier molecular flexibility index (Phi) is 4.38. The van der Waals surface area contributed by atoms with Crippen LogP contribution >= 0.6 is 0 Å². The smallest absolute Gasteiger partial charge is 0.231 e. The number of aryl methyl sites for hydroxylation is 1. The second-order valence-electron chi connectivity index (χ2n) is 7.31. The van der Waals surface area contributed by atoms with Crippen molar-refractivity contribution < 1.29 is 9.53 Å². The van der Waals surface area contributed by atoms with Crippen LogP contribution in [0.15, 0.2) is 36.4 Å². The van der Waals surface area contributed by atoms with Gasteiger partial charge in [-0.05, 0) is 30.5 Å². The van der Waals surface area contributed by atoms with Gasteiger partial charge in [0, 0.05) is 42.0 Å². The number of aromatic nitrogens is 5. The van der Waals surface area contributed by atoms with Crippen LogP contribution in [-0.2, 0) is 24.2 Å². The maximum absolute atomic E-state index is 12.7. The fraction of sp³-hybridized carbons (Fsp3) is 0.333. The molecule has 29 heavy (non-hydrogen) atoms. The highest BCUT2D eigenvalue weighted by atomic mass is 16.5. The van der Waals surface area contributed by atoms with E-state index in [1.54, 1.807) is 17.7 Å². The number of H-pyrrole nitrogens is 1. The van der Waals surface area contributed by atoms with E-state index in [0.29, 0.717) is 37.3 Å². The molecule has 1 N–H and O–H groups in total. The molecule has 4 heterocycles. The molecule has 1 aliphatic rings. The predicted octanol–water partition coefficient (Wildman–Crippen LogP) is 2.52. The van der Waals surface area contributed by atoms with Crippen LogP contribution in [0.4, 0.5) is 0 Å². The van der Waals surface area contributed by atoms with Crippen molar-refractivity contribution in [2.24, 2.45) is 0 Å². The molecule has 148 valence electrons. The lowest BCUT2D eigenvalue weighted by molar-refractivity contribution is -0.132. The number of hydrogen-bond acceptors (Lipinski definition) is 5. The molecule has 0 unspecified atom stereocenters. The molecule has 0 saturated carbocycles. The van der Waals surface area contributed by atoms with Gasteiger partial charge in [-0.3, -0.25) is 4.79 Å². The lowest BCUT2D eigenvalue weighted by Crippen LogP contribution is -2.35. The highest BCUT2D eigenvalue weighted by Gasteiger charge is 2.23. The quantitative estimate of drug-likeness (QED) is 0.566. The molecule has 4 aromatic rings. The number of ether oxygens (including phenoxy) is 1. The minimum atomic E-state index is 0.175. The monoisotopic (exact) mass is 390 g/mol. The highest BCUT2D eigenvalue weighted by molar-refractivity contribution is 5.85. The molecule has 0 aliphatic carbocycles. The van der Waals surface area contributed by atoms with Gasteiger partial charge in [0.2, 0.25) is 11.8 Å². The number of carbonyl (C=O) groups excluding carboxylic acids is 1. The summed E-state index contributed by atoms with van der Waals surface area (Å²) >= 11 is 0. The maximum atomic E-state index is 12.7. The Bertz CT molecular complexity index is 1190. The maximum Gasteiger partial charge on any atom is 0.231 e. The minimum Gasteiger partial charge on any atom is -0.480 e. The van der Waals surface area contributed by atoms with E-state index >= 15 is 0 Å². The highest BCUT2D eigenvalue weighted by Crippen LogP contribution is 2.27. The molecule has 8 nitrogen and oxygen atoms in total. The van der Waals surface area contributed by atoms with Crippen molar-refractivity contribution in [2.45, 2.75) is 32.2 Å². The first-order valence-corrected chi connectivity index (χ1v) is 9.84. The summed E-state index contributed by atoms with van der Waals surface area (Å²) in [7, 11) is 1.58. The molecule has 1 aliphatic heterocycles. The number of aromatic amines is 1. The van der Waals surface area contributed by atoms with Gasteiger partial charge in [-0.15, -0.1) is 15.3 Å². The summed E-state index contributed by atoms with van der Waals surface area (Å²) in [6.07, 6.45) is 2.71. The fourth-order valence-corrected chi connectivity index (χ4v) is 4.04. The lowest BCUT2D eigenvalue weighted by atomic mass is 10.0. The van der Waals surface area contributed by atoms with Gasteiger partial charge >= 0.3 is 0 Å². The largest absolute Gasteiger partial charge is 0.480 e. The Morgan fingerprint density at radius 3 is 3.00 bits per heavy atom. The third-order valence-corrected chi connectivity index (χ3v) is 5.54. The standard InChI is InChI=1S/C21H22N6O2/c1-29-20-10-9-19-24-23-18(27(19)25-20)7-4-8-21(28)26-12-11-15-14-5-2-3-6-16(14)22-17(15)13-26/h2-3,5-6,9-10,22H,4,7-8,11-13H2,1H3. The number of nitrogens with zero attached hydrogens (tertiary/aromatic N) is 5. The third-order valence-electron chi connectivity index (χ3n) is 5.54. The second-order valence-corrected chi connectivity index (χ2v) is 7.31. The first-order valence-electron chi connectivity index (χ1n) is 9.84. The van der Waals surface area contributed by atoms with Gasteiger partial charge in [0.25, 0.3) is 0 Å². The summed E-state index contributed by atoms with van der Waals surface area (Å²) in [4.78, 5) is 18.2. The molecule has 0 radical (unpaired) electrons. The molecule has 0 fully saturated rings. The Labute approximate surface area is 167 Å². The molecule has 8 heteroatoms. The molecule has 0 bridgehead atoms. The summed E-state index contributed by atoms with van der Waals surface area (Å²) in [6.45, 7) is 1.41. The molecule has 0 atom stereocenters. The second kappa shape index (κ2) is 7.20. The molecule has 1 aromatic carbocycles. The SMILES string of the molecule is COc1ccc2nnc(CCCC(=O)N3CCc4c([nH]c5ccccc45)C3)n2n1. The van der Waals surface area contributed by atoms with E-state index in [1.807, 2.05) is 17.0 Å². The predicted molar refractivity (Wildman–Crippen MR) is 108 cm³/mol. The van der Waals surface area contributed by atoms with E-state index < -0.39 is 0 Å². The Morgan fingerprint density at radius 1 is 1.21 bits per heavy atom. The van der Waals surface area contributed by atoms with Gasteiger partial charge < -0.3 is 14.6 Å². The van der Waals surface area contributed by atoms with E-state index in [-0.39, 0.29) is 5.91 Å². The number of rotatable bonds is 5. The summed E-state index contributed by atoms with van der Waals surface area (Å²) in [5, 5.41) is 14.0. The van der Waals surface area contributed by atoms with Crippen LogP contribution in [0, 0.1) is 0 Å². The topological polar surface area (TPSA) is 88.4 Å². The molecule has 0 saturated heterocycles. The third kappa shape index (κ3) is 3.20. The van der Waals surface area contributed by atoms with E-state index in [4.69, 9.17) is 4.74 Å². The van der Waals surface area contributed by atoms with Crippen LogP contribution < -0.4 is 4.74 Å². The van der Waals surface area contributed by atoms with Crippen molar-refractivity contribution >= 4 is 22.5 Å². The van der Waals surface area contributed by atoms with Crippen molar-refractivity contribution in [3.8, 4) is 5.88 Å². The zero-order valence-corrected chi connectivity index (χ0v) is 16.3. The molecule has 3 aromatic heterocycles. The van der Waals surface area contributed by atoms with E-state index in [1.165, 1.54) is 10.9 Å². The number of carbonyl (C=O) groups is 1. The van der Waals surface area contributed by atoms with Crippen molar-refractivity contribution in [3.63, 3.8) is 0 Å². The van der Waals surface area contributed by atoms with Crippen LogP contribution in [-0.4, -0.2) is 49.3 Å². The van der Waals surface area contributed by atoms with Crippen molar-refractivity contribution in [1.29, 1.82) is 0 Å². The number of amides is 1. The van der Waals surface area contributed by atoms with Gasteiger partial charge in [-0.1, -0.05) is 18.2 Å². The average molecular weight is 390 g/mol. The average Bonchev–Trinajstić information content (AvgIpc) is 3.33.